The Hall–Kier alpha value is -2.49. The Morgan fingerprint density at radius 2 is 1.83 bits per heavy atom. The summed E-state index contributed by atoms with van der Waals surface area (Å²) in [7, 11) is 1.62. The zero-order valence-corrected chi connectivity index (χ0v) is 13.9. The summed E-state index contributed by atoms with van der Waals surface area (Å²) in [5, 5.41) is 2.87. The maximum Gasteiger partial charge on any atom is 0.224 e. The first-order valence-electron chi connectivity index (χ1n) is 7.69. The largest absolute Gasteiger partial charge is 0.497 e. The Morgan fingerprint density at radius 3 is 2.52 bits per heavy atom. The van der Waals surface area contributed by atoms with Gasteiger partial charge in [-0.1, -0.05) is 24.3 Å². The fourth-order valence-corrected chi connectivity index (χ4v) is 2.22. The quantitative estimate of drug-likeness (QED) is 0.799. The molecule has 0 aliphatic rings. The number of amides is 1. The summed E-state index contributed by atoms with van der Waals surface area (Å²) in [4.78, 5) is 11.9. The predicted octanol–water partition coefficient (Wildman–Crippen LogP) is 3.05. The van der Waals surface area contributed by atoms with Crippen molar-refractivity contribution in [3.8, 4) is 11.5 Å². The lowest BCUT2D eigenvalue weighted by atomic mass is 10.1. The topological polar surface area (TPSA) is 47.6 Å². The van der Waals surface area contributed by atoms with Gasteiger partial charge in [0.05, 0.1) is 20.1 Å². The van der Waals surface area contributed by atoms with Gasteiger partial charge in [-0.15, -0.1) is 0 Å². The van der Waals surface area contributed by atoms with E-state index in [-0.39, 0.29) is 5.91 Å². The molecule has 0 saturated carbocycles. The molecule has 0 heterocycles. The second-order valence-corrected chi connectivity index (χ2v) is 5.42. The smallest absolute Gasteiger partial charge is 0.224 e. The number of ether oxygens (including phenoxy) is 2. The monoisotopic (exact) mass is 313 g/mol. The van der Waals surface area contributed by atoms with Crippen molar-refractivity contribution in [2.75, 3.05) is 20.3 Å². The third-order valence-corrected chi connectivity index (χ3v) is 3.76. The van der Waals surface area contributed by atoms with E-state index < -0.39 is 0 Å². The molecule has 1 N–H and O–H groups in total. The van der Waals surface area contributed by atoms with Gasteiger partial charge >= 0.3 is 0 Å². The normalized spacial score (nSPS) is 10.2. The molecule has 0 radical (unpaired) electrons. The molecule has 1 amide bonds. The summed E-state index contributed by atoms with van der Waals surface area (Å²) in [5.41, 5.74) is 3.29. The standard InChI is InChI=1S/C19H23NO3/c1-14-5-4-6-18(15(14)2)23-12-11-20-19(21)13-16-7-9-17(22-3)10-8-16/h4-10H,11-13H2,1-3H3,(H,20,21). The first-order chi connectivity index (χ1) is 11.1. The van der Waals surface area contributed by atoms with Gasteiger partial charge in [-0.3, -0.25) is 4.79 Å². The van der Waals surface area contributed by atoms with E-state index in [1.54, 1.807) is 7.11 Å². The van der Waals surface area contributed by atoms with Crippen LogP contribution in [0.4, 0.5) is 0 Å². The molecule has 23 heavy (non-hydrogen) atoms. The van der Waals surface area contributed by atoms with Crippen LogP contribution in [0.3, 0.4) is 0 Å². The van der Waals surface area contributed by atoms with Gasteiger partial charge in [-0.05, 0) is 48.7 Å². The minimum Gasteiger partial charge on any atom is -0.497 e. The summed E-state index contributed by atoms with van der Waals surface area (Å²) in [6.45, 7) is 5.03. The van der Waals surface area contributed by atoms with Crippen molar-refractivity contribution in [1.29, 1.82) is 0 Å². The number of carbonyl (C=O) groups excluding carboxylic acids is 1. The lowest BCUT2D eigenvalue weighted by molar-refractivity contribution is -0.120. The summed E-state index contributed by atoms with van der Waals surface area (Å²) in [6, 6.07) is 13.5. The SMILES string of the molecule is COc1ccc(CC(=O)NCCOc2cccc(C)c2C)cc1. The van der Waals surface area contributed by atoms with Gasteiger partial charge in [-0.2, -0.15) is 0 Å². The van der Waals surface area contributed by atoms with Gasteiger partial charge in [0.25, 0.3) is 0 Å². The van der Waals surface area contributed by atoms with Crippen LogP contribution in [0, 0.1) is 13.8 Å². The van der Waals surface area contributed by atoms with Crippen LogP contribution < -0.4 is 14.8 Å². The van der Waals surface area contributed by atoms with Gasteiger partial charge < -0.3 is 14.8 Å². The number of aryl methyl sites for hydroxylation is 1. The molecule has 0 saturated heterocycles. The molecule has 0 aromatic heterocycles. The lowest BCUT2D eigenvalue weighted by Crippen LogP contribution is -2.29. The fraction of sp³-hybridized carbons (Fsp3) is 0.316. The number of hydrogen-bond donors (Lipinski definition) is 1. The number of rotatable bonds is 7. The molecule has 0 fully saturated rings. The Labute approximate surface area is 137 Å². The van der Waals surface area contributed by atoms with Crippen LogP contribution in [0.15, 0.2) is 42.5 Å². The average molecular weight is 313 g/mol. The van der Waals surface area contributed by atoms with E-state index in [1.165, 1.54) is 5.56 Å². The molecule has 2 rings (SSSR count). The predicted molar refractivity (Wildman–Crippen MR) is 91.1 cm³/mol. The van der Waals surface area contributed by atoms with Crippen molar-refractivity contribution in [3.05, 3.63) is 59.2 Å². The molecule has 0 aliphatic heterocycles. The van der Waals surface area contributed by atoms with Gasteiger partial charge in [0.2, 0.25) is 5.91 Å². The first kappa shape index (κ1) is 16.9. The molecule has 4 heteroatoms. The summed E-state index contributed by atoms with van der Waals surface area (Å²) in [6.07, 6.45) is 0.355. The maximum absolute atomic E-state index is 11.9. The minimum atomic E-state index is -0.0141. The number of benzene rings is 2. The summed E-state index contributed by atoms with van der Waals surface area (Å²) >= 11 is 0. The Balaban J connectivity index is 1.73. The van der Waals surface area contributed by atoms with Crippen LogP contribution in [0.1, 0.15) is 16.7 Å². The molecule has 2 aromatic rings. The molecule has 2 aromatic carbocycles. The zero-order valence-electron chi connectivity index (χ0n) is 13.9. The minimum absolute atomic E-state index is 0.0141. The van der Waals surface area contributed by atoms with E-state index in [4.69, 9.17) is 9.47 Å². The zero-order chi connectivity index (χ0) is 16.7. The summed E-state index contributed by atoms with van der Waals surface area (Å²) < 4.78 is 10.8. The second-order valence-electron chi connectivity index (χ2n) is 5.42. The molecule has 122 valence electrons. The van der Waals surface area contributed by atoms with E-state index in [1.807, 2.05) is 43.3 Å². The van der Waals surface area contributed by atoms with E-state index in [0.29, 0.717) is 19.6 Å². The highest BCUT2D eigenvalue weighted by molar-refractivity contribution is 5.78. The molecule has 0 aliphatic carbocycles. The first-order valence-corrected chi connectivity index (χ1v) is 7.69. The average Bonchev–Trinajstić information content (AvgIpc) is 2.56. The lowest BCUT2D eigenvalue weighted by Gasteiger charge is -2.11. The number of carbonyl (C=O) groups is 1. The highest BCUT2D eigenvalue weighted by Crippen LogP contribution is 2.20. The van der Waals surface area contributed by atoms with E-state index in [0.717, 1.165) is 22.6 Å². The van der Waals surface area contributed by atoms with Crippen molar-refractivity contribution in [2.45, 2.75) is 20.3 Å². The summed E-state index contributed by atoms with van der Waals surface area (Å²) in [5.74, 6) is 1.64. The highest BCUT2D eigenvalue weighted by atomic mass is 16.5. The van der Waals surface area contributed by atoms with E-state index in [2.05, 4.69) is 18.3 Å². The molecular formula is C19H23NO3. The van der Waals surface area contributed by atoms with Crippen molar-refractivity contribution >= 4 is 5.91 Å². The van der Waals surface area contributed by atoms with Gasteiger partial charge in [0.1, 0.15) is 18.1 Å². The molecule has 4 nitrogen and oxygen atoms in total. The molecule has 0 unspecified atom stereocenters. The van der Waals surface area contributed by atoms with E-state index >= 15 is 0 Å². The molecule has 0 spiro atoms. The third kappa shape index (κ3) is 5.02. The Bertz CT molecular complexity index is 650. The Morgan fingerprint density at radius 1 is 1.09 bits per heavy atom. The highest BCUT2D eigenvalue weighted by Gasteiger charge is 2.04. The van der Waals surface area contributed by atoms with Crippen LogP contribution in [0.2, 0.25) is 0 Å². The van der Waals surface area contributed by atoms with Crippen LogP contribution in [0.25, 0.3) is 0 Å². The van der Waals surface area contributed by atoms with Crippen molar-refractivity contribution in [2.24, 2.45) is 0 Å². The van der Waals surface area contributed by atoms with Gasteiger partial charge in [-0.25, -0.2) is 0 Å². The molecular weight excluding hydrogens is 290 g/mol. The molecule has 0 bridgehead atoms. The molecule has 0 atom stereocenters. The van der Waals surface area contributed by atoms with Gasteiger partial charge in [0, 0.05) is 0 Å². The fourth-order valence-electron chi connectivity index (χ4n) is 2.22. The third-order valence-electron chi connectivity index (χ3n) is 3.76. The van der Waals surface area contributed by atoms with Crippen LogP contribution in [0.5, 0.6) is 11.5 Å². The van der Waals surface area contributed by atoms with Crippen LogP contribution in [-0.2, 0) is 11.2 Å². The van der Waals surface area contributed by atoms with E-state index in [9.17, 15) is 4.79 Å². The van der Waals surface area contributed by atoms with Gasteiger partial charge in [0.15, 0.2) is 0 Å². The number of methoxy groups -OCH3 is 1. The van der Waals surface area contributed by atoms with Crippen LogP contribution >= 0.6 is 0 Å². The number of hydrogen-bond acceptors (Lipinski definition) is 3. The van der Waals surface area contributed by atoms with Crippen molar-refractivity contribution in [3.63, 3.8) is 0 Å². The second kappa shape index (κ2) is 8.22. The number of nitrogens with one attached hydrogen (secondary N) is 1. The maximum atomic E-state index is 11.9. The van der Waals surface area contributed by atoms with Crippen LogP contribution in [-0.4, -0.2) is 26.2 Å². The van der Waals surface area contributed by atoms with Crippen molar-refractivity contribution in [1.82, 2.24) is 5.32 Å². The van der Waals surface area contributed by atoms with Crippen molar-refractivity contribution < 1.29 is 14.3 Å². The Kier molecular flexibility index (Phi) is 6.03.